The summed E-state index contributed by atoms with van der Waals surface area (Å²) in [5, 5.41) is 12.2. The zero-order chi connectivity index (χ0) is 34.8. The first kappa shape index (κ1) is 32.6. The molecule has 0 bridgehead atoms. The molecule has 2 aliphatic heterocycles. The van der Waals surface area contributed by atoms with E-state index in [1.54, 1.807) is 35.5 Å². The van der Waals surface area contributed by atoms with Gasteiger partial charge in [-0.15, -0.1) is 0 Å². The van der Waals surface area contributed by atoms with Crippen LogP contribution in [0.2, 0.25) is 0 Å². The number of amides is 3. The van der Waals surface area contributed by atoms with Gasteiger partial charge in [0, 0.05) is 18.7 Å². The maximum absolute atomic E-state index is 15.4. The molecule has 4 heterocycles. The molecule has 256 valence electrons. The largest absolute Gasteiger partial charge is 0.465 e. The highest BCUT2D eigenvalue weighted by Gasteiger charge is 2.37. The fraction of sp³-hybridized carbons (Fsp3) is 0.270. The highest BCUT2D eigenvalue weighted by atomic mass is 19.1. The number of carbonyl (C=O) groups is 3. The molecule has 0 radical (unpaired) electrons. The predicted octanol–water partition coefficient (Wildman–Crippen LogP) is 6.85. The van der Waals surface area contributed by atoms with Crippen LogP contribution in [0.25, 0.3) is 33.6 Å². The molecule has 3 atom stereocenters. The average Bonchev–Trinajstić information content (AvgIpc) is 3.97. The molecule has 0 spiro atoms. The summed E-state index contributed by atoms with van der Waals surface area (Å²) in [5.41, 5.74) is 4.68. The van der Waals surface area contributed by atoms with Crippen LogP contribution >= 0.6 is 0 Å². The highest BCUT2D eigenvalue weighted by molar-refractivity contribution is 5.87. The molecule has 0 saturated carbocycles. The van der Waals surface area contributed by atoms with Gasteiger partial charge in [-0.1, -0.05) is 60.7 Å². The molecule has 2 aromatic heterocycles. The fourth-order valence-electron chi connectivity index (χ4n) is 6.92. The zero-order valence-corrected chi connectivity index (χ0v) is 27.3. The number of rotatable bonds is 8. The number of ether oxygens (including phenoxy) is 1. The van der Waals surface area contributed by atoms with E-state index in [-0.39, 0.29) is 18.0 Å². The van der Waals surface area contributed by atoms with Gasteiger partial charge in [0.15, 0.2) is 0 Å². The van der Waals surface area contributed by atoms with Crippen LogP contribution in [-0.2, 0) is 9.53 Å². The van der Waals surface area contributed by atoms with E-state index in [2.05, 4.69) is 25.3 Å². The molecule has 50 heavy (non-hydrogen) atoms. The Kier molecular flexibility index (Phi) is 9.03. The molecular weight excluding hydrogens is 641 g/mol. The number of methoxy groups -OCH3 is 1. The Hall–Kier alpha value is -5.98. The number of aromatic amines is 2. The number of benzene rings is 3. The predicted molar refractivity (Wildman–Crippen MR) is 182 cm³/mol. The van der Waals surface area contributed by atoms with Crippen molar-refractivity contribution in [2.24, 2.45) is 0 Å². The normalized spacial score (nSPS) is 17.9. The van der Waals surface area contributed by atoms with Crippen molar-refractivity contribution in [3.05, 3.63) is 108 Å². The van der Waals surface area contributed by atoms with Gasteiger partial charge in [0.2, 0.25) is 0 Å². The van der Waals surface area contributed by atoms with Crippen LogP contribution in [-0.4, -0.2) is 73.1 Å². The summed E-state index contributed by atoms with van der Waals surface area (Å²) in [4.78, 5) is 56.1. The lowest BCUT2D eigenvalue weighted by Gasteiger charge is -2.28. The van der Waals surface area contributed by atoms with Crippen LogP contribution in [0.15, 0.2) is 85.2 Å². The molecule has 0 unspecified atom stereocenters. The SMILES string of the molecule is COC(=O)N[C@@H](C(=O)N1CCC[C@H]1c1ncc(-c2ccc(-c3ccc(-c4cnc([C@@H]5CCCN5C(=O)O)[nH]4)c(F)c3)cc2)[nH]1)c1ccccc1. The highest BCUT2D eigenvalue weighted by Crippen LogP contribution is 2.36. The van der Waals surface area contributed by atoms with E-state index >= 15 is 4.39 Å². The summed E-state index contributed by atoms with van der Waals surface area (Å²) in [5.74, 6) is 0.507. The van der Waals surface area contributed by atoms with Gasteiger partial charge in [-0.3, -0.25) is 9.69 Å². The third-order valence-corrected chi connectivity index (χ3v) is 9.47. The Morgan fingerprint density at radius 2 is 1.44 bits per heavy atom. The van der Waals surface area contributed by atoms with Gasteiger partial charge < -0.3 is 30.0 Å². The minimum atomic E-state index is -0.990. The number of imidazole rings is 2. The van der Waals surface area contributed by atoms with Gasteiger partial charge in [-0.25, -0.2) is 23.9 Å². The Bertz CT molecular complexity index is 2010. The van der Waals surface area contributed by atoms with E-state index < -0.39 is 24.0 Å². The van der Waals surface area contributed by atoms with Gasteiger partial charge in [-0.05, 0) is 60.1 Å². The van der Waals surface area contributed by atoms with Crippen LogP contribution in [0, 0.1) is 5.82 Å². The maximum Gasteiger partial charge on any atom is 0.407 e. The first-order chi connectivity index (χ1) is 24.3. The van der Waals surface area contributed by atoms with Crippen molar-refractivity contribution in [3.63, 3.8) is 0 Å². The van der Waals surface area contributed by atoms with Crippen LogP contribution < -0.4 is 5.32 Å². The molecule has 7 rings (SSSR count). The molecule has 3 amide bonds. The summed E-state index contributed by atoms with van der Waals surface area (Å²) in [6.45, 7) is 0.980. The minimum absolute atomic E-state index is 0.240. The standard InChI is InChI=1S/C37H36FN7O5/c1-50-36(47)43-32(24-7-3-2-4-8-24)35(46)44-17-5-9-30(44)33-39-20-28(41-33)23-13-11-22(12-14-23)25-15-16-26(27(38)19-25)29-21-40-34(42-29)31-10-6-18-45(31)37(48)49/h2-4,7-8,11-16,19-21,30-32H,5-6,9-10,17-18H2,1H3,(H,39,41)(H,40,42)(H,43,47)(H,48,49)/t30-,31-,32+/m0/s1. The number of aromatic nitrogens is 4. The first-order valence-corrected chi connectivity index (χ1v) is 16.5. The van der Waals surface area contributed by atoms with E-state index in [4.69, 9.17) is 4.74 Å². The molecule has 2 fully saturated rings. The first-order valence-electron chi connectivity index (χ1n) is 16.5. The molecule has 2 saturated heterocycles. The monoisotopic (exact) mass is 677 g/mol. The average molecular weight is 678 g/mol. The third kappa shape index (κ3) is 6.41. The van der Waals surface area contributed by atoms with Crippen LogP contribution in [0.3, 0.4) is 0 Å². The van der Waals surface area contributed by atoms with Crippen molar-refractivity contribution in [2.75, 3.05) is 20.2 Å². The zero-order valence-electron chi connectivity index (χ0n) is 27.3. The van der Waals surface area contributed by atoms with Gasteiger partial charge >= 0.3 is 12.2 Å². The molecular formula is C37H36FN7O5. The summed E-state index contributed by atoms with van der Waals surface area (Å²) in [6.07, 6.45) is 4.54. The Balaban J connectivity index is 1.05. The smallest absolute Gasteiger partial charge is 0.407 e. The van der Waals surface area contributed by atoms with E-state index in [1.807, 2.05) is 48.5 Å². The van der Waals surface area contributed by atoms with Gasteiger partial charge in [0.25, 0.3) is 5.91 Å². The lowest BCUT2D eigenvalue weighted by molar-refractivity contribution is -0.134. The van der Waals surface area contributed by atoms with Crippen molar-refractivity contribution in [1.29, 1.82) is 0 Å². The number of H-pyrrole nitrogens is 2. The quantitative estimate of drug-likeness (QED) is 0.140. The van der Waals surface area contributed by atoms with E-state index in [0.29, 0.717) is 53.5 Å². The van der Waals surface area contributed by atoms with Crippen LogP contribution in [0.1, 0.15) is 61.0 Å². The van der Waals surface area contributed by atoms with Crippen molar-refractivity contribution >= 4 is 18.1 Å². The van der Waals surface area contributed by atoms with Crippen molar-refractivity contribution in [2.45, 2.75) is 43.8 Å². The number of hydrogen-bond donors (Lipinski definition) is 4. The number of hydrogen-bond acceptors (Lipinski definition) is 6. The number of nitrogens with zero attached hydrogens (tertiary/aromatic N) is 4. The molecule has 13 heteroatoms. The van der Waals surface area contributed by atoms with Gasteiger partial charge in [-0.2, -0.15) is 0 Å². The molecule has 12 nitrogen and oxygen atoms in total. The number of nitrogens with one attached hydrogen (secondary N) is 3. The van der Waals surface area contributed by atoms with Crippen LogP contribution in [0.4, 0.5) is 14.0 Å². The second kappa shape index (κ2) is 13.9. The minimum Gasteiger partial charge on any atom is -0.465 e. The second-order valence-corrected chi connectivity index (χ2v) is 12.4. The molecule has 3 aromatic carbocycles. The van der Waals surface area contributed by atoms with E-state index in [9.17, 15) is 19.5 Å². The summed E-state index contributed by atoms with van der Waals surface area (Å²) >= 11 is 0. The summed E-state index contributed by atoms with van der Waals surface area (Å²) in [7, 11) is 1.26. The topological polar surface area (TPSA) is 157 Å². The lowest BCUT2D eigenvalue weighted by atomic mass is 10.0. The van der Waals surface area contributed by atoms with Gasteiger partial charge in [0.05, 0.1) is 43.0 Å². The van der Waals surface area contributed by atoms with E-state index in [1.165, 1.54) is 18.1 Å². The summed E-state index contributed by atoms with van der Waals surface area (Å²) in [6, 6.07) is 20.2. The van der Waals surface area contributed by atoms with Gasteiger partial charge in [0.1, 0.15) is 23.5 Å². The third-order valence-electron chi connectivity index (χ3n) is 9.47. The number of likely N-dealkylation sites (tertiary alicyclic amines) is 2. The van der Waals surface area contributed by atoms with E-state index in [0.717, 1.165) is 36.1 Å². The van der Waals surface area contributed by atoms with Crippen LogP contribution in [0.5, 0.6) is 0 Å². The Morgan fingerprint density at radius 1 is 0.840 bits per heavy atom. The van der Waals surface area contributed by atoms with Crippen molar-refractivity contribution in [3.8, 4) is 33.6 Å². The maximum atomic E-state index is 15.4. The molecule has 4 N–H and O–H groups in total. The van der Waals surface area contributed by atoms with Crippen molar-refractivity contribution < 1.29 is 28.6 Å². The molecule has 0 aliphatic carbocycles. The molecule has 5 aromatic rings. The number of halogens is 1. The number of carbonyl (C=O) groups excluding carboxylic acids is 2. The Labute approximate surface area is 287 Å². The lowest BCUT2D eigenvalue weighted by Crippen LogP contribution is -2.42. The second-order valence-electron chi connectivity index (χ2n) is 12.4. The van der Waals surface area contributed by atoms with Crippen molar-refractivity contribution in [1.82, 2.24) is 35.1 Å². The molecule has 2 aliphatic rings. The summed E-state index contributed by atoms with van der Waals surface area (Å²) < 4.78 is 20.2. The number of alkyl carbamates (subject to hydrolysis) is 1. The Morgan fingerprint density at radius 3 is 2.10 bits per heavy atom. The fourth-order valence-corrected chi connectivity index (χ4v) is 6.92. The number of carboxylic acid groups (broad SMARTS) is 1.